The average molecular weight is 376 g/mol. The highest BCUT2D eigenvalue weighted by Crippen LogP contribution is 2.34. The van der Waals surface area contributed by atoms with Crippen LogP contribution in [0, 0.1) is 23.2 Å². The second-order valence-corrected chi connectivity index (χ2v) is 7.14. The normalized spacial score (nSPS) is 23.1. The van der Waals surface area contributed by atoms with Crippen molar-refractivity contribution in [1.82, 2.24) is 15.2 Å². The number of amides is 2. The van der Waals surface area contributed by atoms with E-state index in [-0.39, 0.29) is 29.8 Å². The maximum atomic E-state index is 12.8. The Hall–Kier alpha value is -3.24. The first-order valence-corrected chi connectivity index (χ1v) is 9.25. The fourth-order valence-corrected chi connectivity index (χ4v) is 3.91. The third-order valence-corrected chi connectivity index (χ3v) is 5.43. The summed E-state index contributed by atoms with van der Waals surface area (Å²) in [5.74, 6) is 0.139. The van der Waals surface area contributed by atoms with Crippen LogP contribution in [0.2, 0.25) is 0 Å². The van der Waals surface area contributed by atoms with Crippen LogP contribution in [0.15, 0.2) is 48.8 Å². The second kappa shape index (κ2) is 7.79. The van der Waals surface area contributed by atoms with E-state index in [9.17, 15) is 9.59 Å². The van der Waals surface area contributed by atoms with Crippen LogP contribution in [-0.2, 0) is 4.74 Å². The lowest BCUT2D eigenvalue weighted by Crippen LogP contribution is -2.35. The van der Waals surface area contributed by atoms with E-state index in [1.54, 1.807) is 53.7 Å². The smallest absolute Gasteiger partial charge is 0.253 e. The first-order chi connectivity index (χ1) is 13.7. The molecule has 2 saturated heterocycles. The van der Waals surface area contributed by atoms with Gasteiger partial charge in [0.15, 0.2) is 0 Å². The Balaban J connectivity index is 1.37. The van der Waals surface area contributed by atoms with Crippen LogP contribution in [0.25, 0.3) is 0 Å². The first kappa shape index (κ1) is 18.1. The zero-order valence-electron chi connectivity index (χ0n) is 15.2. The fraction of sp³-hybridized carbons (Fsp3) is 0.333. The predicted molar refractivity (Wildman–Crippen MR) is 100 cm³/mol. The molecule has 2 aromatic rings. The minimum Gasteiger partial charge on any atom is -0.376 e. The van der Waals surface area contributed by atoms with Gasteiger partial charge in [0.05, 0.1) is 24.3 Å². The highest BCUT2D eigenvalue weighted by Gasteiger charge is 2.45. The number of fused-ring (bicyclic) bond motifs is 1. The largest absolute Gasteiger partial charge is 0.376 e. The lowest BCUT2D eigenvalue weighted by molar-refractivity contribution is 0.0674. The fourth-order valence-electron chi connectivity index (χ4n) is 3.91. The maximum absolute atomic E-state index is 12.8. The van der Waals surface area contributed by atoms with Crippen LogP contribution in [0.3, 0.4) is 0 Å². The molecule has 3 heterocycles. The molecule has 0 saturated carbocycles. The van der Waals surface area contributed by atoms with Crippen LogP contribution in [0.4, 0.5) is 0 Å². The Morgan fingerprint density at radius 3 is 2.82 bits per heavy atom. The van der Waals surface area contributed by atoms with Gasteiger partial charge < -0.3 is 15.0 Å². The lowest BCUT2D eigenvalue weighted by atomic mass is 9.93. The van der Waals surface area contributed by atoms with E-state index in [4.69, 9.17) is 10.00 Å². The summed E-state index contributed by atoms with van der Waals surface area (Å²) in [4.78, 5) is 30.7. The van der Waals surface area contributed by atoms with Gasteiger partial charge in [-0.1, -0.05) is 6.07 Å². The van der Waals surface area contributed by atoms with Gasteiger partial charge >= 0.3 is 0 Å². The number of carbonyl (C=O) groups excluding carboxylic acids is 2. The van der Waals surface area contributed by atoms with Gasteiger partial charge in [-0.3, -0.25) is 14.6 Å². The van der Waals surface area contributed by atoms with E-state index in [0.717, 1.165) is 0 Å². The van der Waals surface area contributed by atoms with E-state index >= 15 is 0 Å². The molecule has 0 aliphatic carbocycles. The van der Waals surface area contributed by atoms with Crippen molar-refractivity contribution in [2.24, 2.45) is 11.8 Å². The van der Waals surface area contributed by atoms with E-state index in [1.807, 2.05) is 0 Å². The van der Waals surface area contributed by atoms with E-state index in [1.165, 1.54) is 0 Å². The van der Waals surface area contributed by atoms with Crippen LogP contribution in [-0.4, -0.2) is 54.0 Å². The van der Waals surface area contributed by atoms with Gasteiger partial charge in [-0.2, -0.15) is 5.26 Å². The summed E-state index contributed by atoms with van der Waals surface area (Å²) in [7, 11) is 0. The number of hydrogen-bond acceptors (Lipinski definition) is 5. The first-order valence-electron chi connectivity index (χ1n) is 9.25. The standard InChI is InChI=1S/C21H20N4O3/c22-9-14-2-1-3-16(8-14)21(27)25-11-18-17(13-28-19(18)12-25)10-24-20(26)15-4-6-23-7-5-15/h1-8,17-19H,10-13H2,(H,24,26)/t17-,18+,19+/m0/s1. The number of nitrogens with one attached hydrogen (secondary N) is 1. The molecule has 0 radical (unpaired) electrons. The predicted octanol–water partition coefficient (Wildman–Crippen LogP) is 1.47. The molecule has 2 aliphatic rings. The minimum absolute atomic E-state index is 0.00840. The SMILES string of the molecule is N#Cc1cccc(C(=O)N2C[C@@H]3[C@@H](CNC(=O)c4ccncc4)CO[C@@H]3C2)c1. The van der Waals surface area contributed by atoms with Crippen molar-refractivity contribution in [3.8, 4) is 6.07 Å². The molecule has 2 aliphatic heterocycles. The summed E-state index contributed by atoms with van der Waals surface area (Å²) >= 11 is 0. The van der Waals surface area contributed by atoms with Crippen LogP contribution in [0.5, 0.6) is 0 Å². The molecule has 0 bridgehead atoms. The number of hydrogen-bond donors (Lipinski definition) is 1. The van der Waals surface area contributed by atoms with E-state index < -0.39 is 0 Å². The molecule has 7 heteroatoms. The van der Waals surface area contributed by atoms with Crippen molar-refractivity contribution in [2.45, 2.75) is 6.10 Å². The highest BCUT2D eigenvalue weighted by atomic mass is 16.5. The number of likely N-dealkylation sites (tertiary alicyclic amines) is 1. The van der Waals surface area contributed by atoms with E-state index in [2.05, 4.69) is 16.4 Å². The van der Waals surface area contributed by atoms with Crippen molar-refractivity contribution in [3.63, 3.8) is 0 Å². The van der Waals surface area contributed by atoms with Crippen molar-refractivity contribution >= 4 is 11.8 Å². The average Bonchev–Trinajstić information content (AvgIpc) is 3.33. The van der Waals surface area contributed by atoms with Crippen LogP contribution in [0.1, 0.15) is 26.3 Å². The van der Waals surface area contributed by atoms with Gasteiger partial charge in [-0.25, -0.2) is 0 Å². The van der Waals surface area contributed by atoms with Crippen molar-refractivity contribution in [1.29, 1.82) is 5.26 Å². The molecule has 4 rings (SSSR count). The van der Waals surface area contributed by atoms with Crippen molar-refractivity contribution in [2.75, 3.05) is 26.2 Å². The summed E-state index contributed by atoms with van der Waals surface area (Å²) in [6.07, 6.45) is 3.17. The molecular formula is C21H20N4O3. The third kappa shape index (κ3) is 3.59. The number of nitrogens with zero attached hydrogens (tertiary/aromatic N) is 3. The summed E-state index contributed by atoms with van der Waals surface area (Å²) in [6.45, 7) is 2.22. The molecule has 142 valence electrons. The third-order valence-electron chi connectivity index (χ3n) is 5.43. The van der Waals surface area contributed by atoms with Crippen molar-refractivity contribution in [3.05, 3.63) is 65.5 Å². The molecule has 2 amide bonds. The van der Waals surface area contributed by atoms with Crippen molar-refractivity contribution < 1.29 is 14.3 Å². The molecule has 0 unspecified atom stereocenters. The van der Waals surface area contributed by atoms with Gasteiger partial charge in [0.25, 0.3) is 11.8 Å². The zero-order chi connectivity index (χ0) is 19.5. The number of ether oxygens (including phenoxy) is 1. The minimum atomic E-state index is -0.134. The molecule has 1 N–H and O–H groups in total. The maximum Gasteiger partial charge on any atom is 0.253 e. The Kier molecular flexibility index (Phi) is 5.04. The Bertz CT molecular complexity index is 925. The number of carbonyl (C=O) groups is 2. The van der Waals surface area contributed by atoms with Crippen LogP contribution >= 0.6 is 0 Å². The summed E-state index contributed by atoms with van der Waals surface area (Å²) in [5, 5.41) is 12.0. The number of benzene rings is 1. The Labute approximate surface area is 162 Å². The number of nitriles is 1. The summed E-state index contributed by atoms with van der Waals surface area (Å²) in [6, 6.07) is 12.2. The number of rotatable bonds is 4. The monoisotopic (exact) mass is 376 g/mol. The topological polar surface area (TPSA) is 95.3 Å². The molecule has 1 aromatic carbocycles. The van der Waals surface area contributed by atoms with Gasteiger partial charge in [-0.15, -0.1) is 0 Å². The van der Waals surface area contributed by atoms with Gasteiger partial charge in [0.1, 0.15) is 0 Å². The second-order valence-electron chi connectivity index (χ2n) is 7.14. The quantitative estimate of drug-likeness (QED) is 0.872. The zero-order valence-corrected chi connectivity index (χ0v) is 15.2. The van der Waals surface area contributed by atoms with Crippen LogP contribution < -0.4 is 5.32 Å². The molecule has 3 atom stereocenters. The molecule has 28 heavy (non-hydrogen) atoms. The molecule has 2 fully saturated rings. The molecular weight excluding hydrogens is 356 g/mol. The van der Waals surface area contributed by atoms with Gasteiger partial charge in [-0.05, 0) is 30.3 Å². The van der Waals surface area contributed by atoms with Gasteiger partial charge in [0, 0.05) is 55.0 Å². The number of aromatic nitrogens is 1. The molecule has 0 spiro atoms. The highest BCUT2D eigenvalue weighted by molar-refractivity contribution is 5.95. The Morgan fingerprint density at radius 1 is 1.21 bits per heavy atom. The van der Waals surface area contributed by atoms with Gasteiger partial charge in [0.2, 0.25) is 0 Å². The summed E-state index contributed by atoms with van der Waals surface area (Å²) < 4.78 is 5.88. The molecule has 1 aromatic heterocycles. The Morgan fingerprint density at radius 2 is 2.04 bits per heavy atom. The lowest BCUT2D eigenvalue weighted by Gasteiger charge is -2.20. The number of pyridine rings is 1. The summed E-state index contributed by atoms with van der Waals surface area (Å²) in [5.41, 5.74) is 1.56. The molecule has 7 nitrogen and oxygen atoms in total. The van der Waals surface area contributed by atoms with E-state index in [0.29, 0.717) is 42.9 Å².